The first-order chi connectivity index (χ1) is 40.0. The number of hydrogen-bond acceptors (Lipinski definition) is 6. The lowest BCUT2D eigenvalue weighted by molar-refractivity contribution is -0.167. The van der Waals surface area contributed by atoms with Crippen LogP contribution in [0.2, 0.25) is 0 Å². The highest BCUT2D eigenvalue weighted by molar-refractivity contribution is 5.71. The molecule has 1 atom stereocenters. The lowest BCUT2D eigenvalue weighted by Crippen LogP contribution is -2.30. The van der Waals surface area contributed by atoms with E-state index in [2.05, 4.69) is 57.2 Å². The molecule has 0 bridgehead atoms. The molecule has 0 aromatic carbocycles. The SMILES string of the molecule is CCCCCC/C=C\CCCCCCCC(=O)OCC(COC(=O)CCCCCCCCCCCCCCCCCCCCCCCCC/C=C\CCCCCCCCCC)OC(=O)CCCCCCC/C=C\CCCCCCCC. The molecule has 0 N–H and O–H groups in total. The predicted molar refractivity (Wildman–Crippen MR) is 353 cm³/mol. The minimum Gasteiger partial charge on any atom is -0.462 e. The van der Waals surface area contributed by atoms with Crippen molar-refractivity contribution < 1.29 is 28.6 Å². The van der Waals surface area contributed by atoms with E-state index >= 15 is 0 Å². The molecule has 476 valence electrons. The molecule has 0 aliphatic carbocycles. The van der Waals surface area contributed by atoms with Gasteiger partial charge < -0.3 is 14.2 Å². The Bertz CT molecular complexity index is 1350. The normalized spacial score (nSPS) is 12.2. The number of allylic oxidation sites excluding steroid dienone is 6. The van der Waals surface area contributed by atoms with Crippen molar-refractivity contribution in [3.63, 3.8) is 0 Å². The van der Waals surface area contributed by atoms with E-state index in [9.17, 15) is 14.4 Å². The second kappa shape index (κ2) is 70.1. The van der Waals surface area contributed by atoms with Gasteiger partial charge in [0.1, 0.15) is 13.2 Å². The van der Waals surface area contributed by atoms with Crippen LogP contribution >= 0.6 is 0 Å². The summed E-state index contributed by atoms with van der Waals surface area (Å²) in [5.74, 6) is -0.866. The largest absolute Gasteiger partial charge is 0.462 e. The quantitative estimate of drug-likeness (QED) is 0.0261. The molecule has 81 heavy (non-hydrogen) atoms. The number of carbonyl (C=O) groups is 3. The van der Waals surface area contributed by atoms with Crippen LogP contribution in [0.4, 0.5) is 0 Å². The molecule has 0 spiro atoms. The van der Waals surface area contributed by atoms with Gasteiger partial charge in [0.2, 0.25) is 0 Å². The molecule has 0 rings (SSSR count). The average molecular weight is 1140 g/mol. The van der Waals surface area contributed by atoms with E-state index in [1.807, 2.05) is 0 Å². The molecule has 0 saturated heterocycles. The maximum Gasteiger partial charge on any atom is 0.306 e. The number of rotatable bonds is 68. The van der Waals surface area contributed by atoms with Gasteiger partial charge in [-0.2, -0.15) is 0 Å². The third-order valence-corrected chi connectivity index (χ3v) is 16.6. The highest BCUT2D eigenvalue weighted by Crippen LogP contribution is 2.18. The molecule has 0 aromatic rings. The minimum absolute atomic E-state index is 0.0735. The standard InChI is InChI=1S/C75H140O6/c1-4-7-10-13-16-19-22-25-27-28-29-30-31-32-33-34-35-36-37-38-39-40-41-42-43-44-45-46-48-50-53-56-59-62-65-68-74(77)80-71-72(70-79-73(76)67-64-61-58-55-52-49-24-21-18-15-12-9-6-3)81-75(78)69-66-63-60-57-54-51-47-26-23-20-17-14-11-8-5-2/h21,24,26,28-29,47,72H,4-20,22-23,25,27,30-46,48-71H2,1-3H3/b24-21-,29-28-,47-26-. The molecule has 0 fully saturated rings. The van der Waals surface area contributed by atoms with E-state index in [1.54, 1.807) is 0 Å². The summed E-state index contributed by atoms with van der Waals surface area (Å²) in [4.78, 5) is 38.3. The molecule has 0 saturated carbocycles. The van der Waals surface area contributed by atoms with Crippen LogP contribution < -0.4 is 0 Å². The Hall–Kier alpha value is -2.37. The highest BCUT2D eigenvalue weighted by atomic mass is 16.6. The number of ether oxygens (including phenoxy) is 3. The van der Waals surface area contributed by atoms with Crippen molar-refractivity contribution in [1.29, 1.82) is 0 Å². The summed E-state index contributed by atoms with van der Waals surface area (Å²) in [5.41, 5.74) is 0. The van der Waals surface area contributed by atoms with E-state index in [4.69, 9.17) is 14.2 Å². The Kier molecular flexibility index (Phi) is 68.1. The van der Waals surface area contributed by atoms with Crippen molar-refractivity contribution in [2.75, 3.05) is 13.2 Å². The van der Waals surface area contributed by atoms with Crippen LogP contribution in [0.15, 0.2) is 36.5 Å². The first kappa shape index (κ1) is 78.6. The first-order valence-electron chi connectivity index (χ1n) is 36.5. The molecule has 6 heteroatoms. The van der Waals surface area contributed by atoms with E-state index in [1.165, 1.54) is 295 Å². The summed E-state index contributed by atoms with van der Waals surface area (Å²) >= 11 is 0. The average Bonchev–Trinajstić information content (AvgIpc) is 3.46. The molecule has 0 aromatic heterocycles. The van der Waals surface area contributed by atoms with Gasteiger partial charge in [0, 0.05) is 19.3 Å². The molecule has 0 aliphatic heterocycles. The number of carbonyl (C=O) groups excluding carboxylic acids is 3. The third-order valence-electron chi connectivity index (χ3n) is 16.6. The zero-order valence-electron chi connectivity index (χ0n) is 54.8. The van der Waals surface area contributed by atoms with Gasteiger partial charge in [0.25, 0.3) is 0 Å². The fourth-order valence-corrected chi connectivity index (χ4v) is 11.1. The molecule has 0 amide bonds. The molecular formula is C75H140O6. The first-order valence-corrected chi connectivity index (χ1v) is 36.5. The van der Waals surface area contributed by atoms with Gasteiger partial charge in [-0.15, -0.1) is 0 Å². The van der Waals surface area contributed by atoms with Crippen molar-refractivity contribution in [1.82, 2.24) is 0 Å². The predicted octanol–water partition coefficient (Wildman–Crippen LogP) is 25.1. The zero-order valence-corrected chi connectivity index (χ0v) is 54.8. The van der Waals surface area contributed by atoms with Crippen LogP contribution in [-0.2, 0) is 28.6 Å². The summed E-state index contributed by atoms with van der Waals surface area (Å²) in [6.45, 7) is 6.67. The molecule has 0 radical (unpaired) electrons. The van der Waals surface area contributed by atoms with Crippen molar-refractivity contribution in [3.8, 4) is 0 Å². The van der Waals surface area contributed by atoms with E-state index in [0.29, 0.717) is 19.3 Å². The maximum absolute atomic E-state index is 12.9. The Morgan fingerprint density at radius 1 is 0.235 bits per heavy atom. The van der Waals surface area contributed by atoms with Crippen LogP contribution in [0.3, 0.4) is 0 Å². The minimum atomic E-state index is -0.778. The van der Waals surface area contributed by atoms with Crippen molar-refractivity contribution >= 4 is 17.9 Å². The third kappa shape index (κ3) is 68.3. The summed E-state index contributed by atoms with van der Waals surface area (Å²) in [5, 5.41) is 0. The van der Waals surface area contributed by atoms with Crippen LogP contribution in [0.5, 0.6) is 0 Å². The summed E-state index contributed by atoms with van der Waals surface area (Å²) in [6.07, 6.45) is 87.8. The van der Waals surface area contributed by atoms with E-state index in [-0.39, 0.29) is 31.1 Å². The summed E-state index contributed by atoms with van der Waals surface area (Å²) < 4.78 is 16.9. The van der Waals surface area contributed by atoms with E-state index < -0.39 is 6.10 Å². The van der Waals surface area contributed by atoms with Gasteiger partial charge in [-0.25, -0.2) is 0 Å². The second-order valence-corrected chi connectivity index (χ2v) is 24.8. The molecule has 6 nitrogen and oxygen atoms in total. The Morgan fingerprint density at radius 2 is 0.407 bits per heavy atom. The van der Waals surface area contributed by atoms with Gasteiger partial charge in [-0.1, -0.05) is 327 Å². The Morgan fingerprint density at radius 3 is 0.630 bits per heavy atom. The highest BCUT2D eigenvalue weighted by Gasteiger charge is 2.19. The van der Waals surface area contributed by atoms with Crippen molar-refractivity contribution in [2.45, 2.75) is 412 Å². The van der Waals surface area contributed by atoms with Crippen LogP contribution in [0.25, 0.3) is 0 Å². The molecule has 0 heterocycles. The van der Waals surface area contributed by atoms with Gasteiger partial charge in [-0.05, 0) is 96.3 Å². The monoisotopic (exact) mass is 1140 g/mol. The van der Waals surface area contributed by atoms with Crippen LogP contribution in [0.1, 0.15) is 406 Å². The number of hydrogen-bond donors (Lipinski definition) is 0. The Labute approximate surface area is 506 Å². The van der Waals surface area contributed by atoms with Gasteiger partial charge >= 0.3 is 17.9 Å². The lowest BCUT2D eigenvalue weighted by atomic mass is 10.0. The Balaban J connectivity index is 4.05. The molecule has 1 unspecified atom stereocenters. The van der Waals surface area contributed by atoms with Crippen molar-refractivity contribution in [2.24, 2.45) is 0 Å². The van der Waals surface area contributed by atoms with Crippen LogP contribution in [0, 0.1) is 0 Å². The van der Waals surface area contributed by atoms with Crippen LogP contribution in [-0.4, -0.2) is 37.2 Å². The summed E-state index contributed by atoms with van der Waals surface area (Å²) in [7, 11) is 0. The van der Waals surface area contributed by atoms with Crippen molar-refractivity contribution in [3.05, 3.63) is 36.5 Å². The van der Waals surface area contributed by atoms with Gasteiger partial charge in [-0.3, -0.25) is 14.4 Å². The summed E-state index contributed by atoms with van der Waals surface area (Å²) in [6, 6.07) is 0. The smallest absolute Gasteiger partial charge is 0.306 e. The topological polar surface area (TPSA) is 78.9 Å². The van der Waals surface area contributed by atoms with Gasteiger partial charge in [0.15, 0.2) is 6.10 Å². The number of unbranched alkanes of at least 4 members (excludes halogenated alkanes) is 51. The molecule has 0 aliphatic rings. The fraction of sp³-hybridized carbons (Fsp3) is 0.880. The van der Waals surface area contributed by atoms with Gasteiger partial charge in [0.05, 0.1) is 0 Å². The number of esters is 3. The van der Waals surface area contributed by atoms with E-state index in [0.717, 1.165) is 70.6 Å². The maximum atomic E-state index is 12.9. The second-order valence-electron chi connectivity index (χ2n) is 24.8. The molecular weight excluding hydrogens is 997 g/mol. The zero-order chi connectivity index (χ0) is 58.5. The fourth-order valence-electron chi connectivity index (χ4n) is 11.1. The lowest BCUT2D eigenvalue weighted by Gasteiger charge is -2.18.